The first-order valence-electron chi connectivity index (χ1n) is 10.9. The number of benzene rings is 1. The first-order valence-corrected chi connectivity index (χ1v) is 10.9. The SMILES string of the molecule is O=C(c1cc(N2CCC(n3c(=O)[nH]c4ncccc43)CC2)ncn1)c1c[nH]c2ccccc12. The Bertz CT molecular complexity index is 1540. The van der Waals surface area contributed by atoms with Crippen LogP contribution in [0.25, 0.3) is 22.1 Å². The first kappa shape index (κ1) is 19.4. The van der Waals surface area contributed by atoms with Gasteiger partial charge in [0.1, 0.15) is 17.8 Å². The van der Waals surface area contributed by atoms with Gasteiger partial charge < -0.3 is 9.88 Å². The quantitative estimate of drug-likeness (QED) is 0.416. The number of H-pyrrole nitrogens is 2. The Kier molecular flexibility index (Phi) is 4.53. The molecular formula is C24H21N7O2. The predicted octanol–water partition coefficient (Wildman–Crippen LogP) is 3.07. The lowest BCUT2D eigenvalue weighted by Crippen LogP contribution is -2.37. The monoisotopic (exact) mass is 439 g/mol. The predicted molar refractivity (Wildman–Crippen MR) is 125 cm³/mol. The van der Waals surface area contributed by atoms with Crippen molar-refractivity contribution in [2.45, 2.75) is 18.9 Å². The van der Waals surface area contributed by atoms with Gasteiger partial charge in [0.25, 0.3) is 0 Å². The number of piperidine rings is 1. The van der Waals surface area contributed by atoms with Crippen LogP contribution in [0.1, 0.15) is 34.9 Å². The van der Waals surface area contributed by atoms with E-state index in [1.54, 1.807) is 18.5 Å². The second-order valence-electron chi connectivity index (χ2n) is 8.23. The van der Waals surface area contributed by atoms with Gasteiger partial charge >= 0.3 is 5.69 Å². The molecule has 1 aliphatic heterocycles. The molecular weight excluding hydrogens is 418 g/mol. The summed E-state index contributed by atoms with van der Waals surface area (Å²) in [7, 11) is 0. The minimum absolute atomic E-state index is 0.0841. The third-order valence-electron chi connectivity index (χ3n) is 6.36. The van der Waals surface area contributed by atoms with Gasteiger partial charge in [-0.05, 0) is 31.0 Å². The van der Waals surface area contributed by atoms with Crippen molar-refractivity contribution in [3.05, 3.63) is 82.9 Å². The van der Waals surface area contributed by atoms with Crippen molar-refractivity contribution in [3.63, 3.8) is 0 Å². The van der Waals surface area contributed by atoms with Crippen LogP contribution in [0.3, 0.4) is 0 Å². The number of aromatic nitrogens is 6. The summed E-state index contributed by atoms with van der Waals surface area (Å²) in [4.78, 5) is 46.7. The molecule has 0 spiro atoms. The summed E-state index contributed by atoms with van der Waals surface area (Å²) in [5.41, 5.74) is 3.19. The lowest BCUT2D eigenvalue weighted by molar-refractivity contribution is 0.103. The van der Waals surface area contributed by atoms with E-state index in [-0.39, 0.29) is 17.5 Å². The number of nitrogens with zero attached hydrogens (tertiary/aromatic N) is 5. The molecule has 0 radical (unpaired) electrons. The maximum absolute atomic E-state index is 13.1. The molecule has 0 bridgehead atoms. The van der Waals surface area contributed by atoms with Crippen LogP contribution in [0.5, 0.6) is 0 Å². The molecule has 0 saturated carbocycles. The molecule has 4 aromatic heterocycles. The summed E-state index contributed by atoms with van der Waals surface area (Å²) >= 11 is 0. The number of rotatable bonds is 4. The molecule has 0 amide bonds. The van der Waals surface area contributed by atoms with Crippen LogP contribution in [0.15, 0.2) is 66.0 Å². The van der Waals surface area contributed by atoms with Gasteiger partial charge in [0.2, 0.25) is 5.78 Å². The van der Waals surface area contributed by atoms with Crippen LogP contribution in [0.2, 0.25) is 0 Å². The Morgan fingerprint density at radius 3 is 2.76 bits per heavy atom. The number of hydrogen-bond acceptors (Lipinski definition) is 6. The smallest absolute Gasteiger partial charge is 0.327 e. The van der Waals surface area contributed by atoms with Crippen molar-refractivity contribution in [1.29, 1.82) is 0 Å². The number of pyridine rings is 1. The normalized spacial score (nSPS) is 14.8. The molecule has 9 heteroatoms. The summed E-state index contributed by atoms with van der Waals surface area (Å²) in [6.07, 6.45) is 6.43. The van der Waals surface area contributed by atoms with Crippen LogP contribution in [-0.4, -0.2) is 48.4 Å². The Morgan fingerprint density at radius 2 is 1.88 bits per heavy atom. The third kappa shape index (κ3) is 3.29. The maximum Gasteiger partial charge on any atom is 0.327 e. The molecule has 0 atom stereocenters. The molecule has 6 rings (SSSR count). The molecule has 1 saturated heterocycles. The molecule has 1 fully saturated rings. The van der Waals surface area contributed by atoms with Gasteiger partial charge in [-0.3, -0.25) is 14.3 Å². The zero-order valence-electron chi connectivity index (χ0n) is 17.7. The largest absolute Gasteiger partial charge is 0.360 e. The number of fused-ring (bicyclic) bond motifs is 2. The summed E-state index contributed by atoms with van der Waals surface area (Å²) in [6, 6.07) is 13.3. The molecule has 1 aromatic carbocycles. The molecule has 164 valence electrons. The summed E-state index contributed by atoms with van der Waals surface area (Å²) in [5, 5.41) is 0.877. The van der Waals surface area contributed by atoms with Crippen molar-refractivity contribution in [2.75, 3.05) is 18.0 Å². The molecule has 9 nitrogen and oxygen atoms in total. The molecule has 1 aliphatic rings. The second-order valence-corrected chi connectivity index (χ2v) is 8.23. The number of nitrogens with one attached hydrogen (secondary N) is 2. The van der Waals surface area contributed by atoms with E-state index in [0.717, 1.165) is 48.2 Å². The van der Waals surface area contributed by atoms with E-state index in [0.29, 0.717) is 16.9 Å². The van der Waals surface area contributed by atoms with Gasteiger partial charge in [-0.1, -0.05) is 18.2 Å². The van der Waals surface area contributed by atoms with Crippen LogP contribution in [0, 0.1) is 0 Å². The first-order chi connectivity index (χ1) is 16.2. The van der Waals surface area contributed by atoms with E-state index in [4.69, 9.17) is 0 Å². The standard InChI is InChI=1S/C24H21N7O2/c32-22(17-13-26-18-5-2-1-4-16(17)18)19-12-21(28-14-27-19)30-10-7-15(8-11-30)31-20-6-3-9-25-23(20)29-24(31)33/h1-6,9,12-15,26H,7-8,10-11H2,(H,25,29,33). The molecule has 33 heavy (non-hydrogen) atoms. The fraction of sp³-hybridized carbons (Fsp3) is 0.208. The topological polar surface area (TPSA) is 113 Å². The van der Waals surface area contributed by atoms with Crippen molar-refractivity contribution < 1.29 is 4.79 Å². The van der Waals surface area contributed by atoms with Gasteiger partial charge in [-0.2, -0.15) is 0 Å². The van der Waals surface area contributed by atoms with Crippen molar-refractivity contribution in [3.8, 4) is 0 Å². The Hall–Kier alpha value is -4.27. The maximum atomic E-state index is 13.1. The zero-order chi connectivity index (χ0) is 22.4. The fourth-order valence-electron chi connectivity index (χ4n) is 4.72. The van der Waals surface area contributed by atoms with Gasteiger partial charge in [-0.15, -0.1) is 0 Å². The van der Waals surface area contributed by atoms with E-state index >= 15 is 0 Å². The van der Waals surface area contributed by atoms with Crippen LogP contribution in [0.4, 0.5) is 5.82 Å². The summed E-state index contributed by atoms with van der Waals surface area (Å²) in [6.45, 7) is 1.45. The molecule has 5 aromatic rings. The summed E-state index contributed by atoms with van der Waals surface area (Å²) in [5.74, 6) is 0.586. The Labute approximate surface area is 188 Å². The van der Waals surface area contributed by atoms with Gasteiger partial charge in [0.15, 0.2) is 5.65 Å². The second kappa shape index (κ2) is 7.70. The van der Waals surface area contributed by atoms with Gasteiger partial charge in [0.05, 0.1) is 5.52 Å². The molecule has 5 heterocycles. The van der Waals surface area contributed by atoms with Crippen LogP contribution >= 0.6 is 0 Å². The number of para-hydroxylation sites is 1. The Morgan fingerprint density at radius 1 is 1.03 bits per heavy atom. The number of ketones is 1. The van der Waals surface area contributed by atoms with Crippen LogP contribution in [-0.2, 0) is 0 Å². The van der Waals surface area contributed by atoms with E-state index in [1.165, 1.54) is 6.33 Å². The van der Waals surface area contributed by atoms with E-state index in [9.17, 15) is 9.59 Å². The molecule has 0 unspecified atom stereocenters. The number of imidazole rings is 1. The molecule has 0 aliphatic carbocycles. The minimum Gasteiger partial charge on any atom is -0.360 e. The highest BCUT2D eigenvalue weighted by atomic mass is 16.1. The van der Waals surface area contributed by atoms with Crippen LogP contribution < -0.4 is 10.6 Å². The van der Waals surface area contributed by atoms with Crippen molar-refractivity contribution in [1.82, 2.24) is 29.5 Å². The van der Waals surface area contributed by atoms with E-state index in [2.05, 4.69) is 29.8 Å². The number of carbonyl (C=O) groups excluding carboxylic acids is 1. The molecule has 2 N–H and O–H groups in total. The average Bonchev–Trinajstić information content (AvgIpc) is 3.44. The number of aromatic amines is 2. The highest BCUT2D eigenvalue weighted by Gasteiger charge is 2.25. The lowest BCUT2D eigenvalue weighted by atomic mass is 10.0. The Balaban J connectivity index is 1.23. The highest BCUT2D eigenvalue weighted by Crippen LogP contribution is 2.27. The van der Waals surface area contributed by atoms with E-state index in [1.807, 2.05) is 41.0 Å². The minimum atomic E-state index is -0.135. The van der Waals surface area contributed by atoms with Crippen molar-refractivity contribution in [2.24, 2.45) is 0 Å². The van der Waals surface area contributed by atoms with E-state index < -0.39 is 0 Å². The van der Waals surface area contributed by atoms with Gasteiger partial charge in [-0.25, -0.2) is 19.7 Å². The fourth-order valence-corrected chi connectivity index (χ4v) is 4.72. The average molecular weight is 439 g/mol. The third-order valence-corrected chi connectivity index (χ3v) is 6.36. The van der Waals surface area contributed by atoms with Crippen molar-refractivity contribution >= 4 is 33.7 Å². The highest BCUT2D eigenvalue weighted by molar-refractivity contribution is 6.15. The van der Waals surface area contributed by atoms with Gasteiger partial charge in [0, 0.05) is 54.1 Å². The number of anilines is 1. The number of hydrogen-bond donors (Lipinski definition) is 2. The zero-order valence-corrected chi connectivity index (χ0v) is 17.7. The lowest BCUT2D eigenvalue weighted by Gasteiger charge is -2.33. The summed E-state index contributed by atoms with van der Waals surface area (Å²) < 4.78 is 1.81. The number of carbonyl (C=O) groups is 1.